The lowest BCUT2D eigenvalue weighted by Crippen LogP contribution is -2.32. The highest BCUT2D eigenvalue weighted by Gasteiger charge is 2.13. The third-order valence-electron chi connectivity index (χ3n) is 4.07. The van der Waals surface area contributed by atoms with Crippen LogP contribution in [-0.4, -0.2) is 42.2 Å². The Bertz CT molecular complexity index is 737. The van der Waals surface area contributed by atoms with Crippen LogP contribution in [0.2, 0.25) is 5.02 Å². The molecular formula is C18H22ClN5O2. The number of hydrogen-bond acceptors (Lipinski definition) is 5. The Balaban J connectivity index is 1.42. The summed E-state index contributed by atoms with van der Waals surface area (Å²) in [5, 5.41) is 5.90. The van der Waals surface area contributed by atoms with Crippen LogP contribution >= 0.6 is 11.6 Å². The maximum Gasteiger partial charge on any atom is 0.319 e. The Morgan fingerprint density at radius 3 is 2.81 bits per heavy atom. The van der Waals surface area contributed by atoms with Crippen LogP contribution in [0.1, 0.15) is 19.3 Å². The molecular weight excluding hydrogens is 354 g/mol. The van der Waals surface area contributed by atoms with Gasteiger partial charge in [0.25, 0.3) is 0 Å². The first-order valence-electron chi connectivity index (χ1n) is 8.71. The van der Waals surface area contributed by atoms with Gasteiger partial charge in [-0.2, -0.15) is 0 Å². The standard InChI is InChI=1S/C18H22ClN5O2/c19-14-6-2-3-7-15(14)23-18(25)20-8-11-26-17-12-16(21-13-22-17)24-9-4-1-5-10-24/h2-3,6-7,12-13H,1,4-5,8-11H2,(H2,20,23,25). The van der Waals surface area contributed by atoms with Gasteiger partial charge in [-0.25, -0.2) is 14.8 Å². The lowest BCUT2D eigenvalue weighted by atomic mass is 10.1. The molecule has 1 aromatic carbocycles. The highest BCUT2D eigenvalue weighted by molar-refractivity contribution is 6.33. The molecule has 1 saturated heterocycles. The number of urea groups is 1. The van der Waals surface area contributed by atoms with Crippen LogP contribution in [0.15, 0.2) is 36.7 Å². The minimum absolute atomic E-state index is 0.312. The number of aromatic nitrogens is 2. The molecule has 0 aliphatic carbocycles. The first-order chi connectivity index (χ1) is 12.7. The molecule has 1 aromatic heterocycles. The average Bonchev–Trinajstić information content (AvgIpc) is 2.68. The summed E-state index contributed by atoms with van der Waals surface area (Å²) in [5.74, 6) is 1.40. The number of hydrogen-bond donors (Lipinski definition) is 2. The van der Waals surface area contributed by atoms with Gasteiger partial charge in [0.15, 0.2) is 0 Å². The molecule has 7 nitrogen and oxygen atoms in total. The van der Waals surface area contributed by atoms with Gasteiger partial charge >= 0.3 is 6.03 Å². The number of carbonyl (C=O) groups is 1. The Kier molecular flexibility index (Phi) is 6.49. The molecule has 0 bridgehead atoms. The zero-order valence-corrected chi connectivity index (χ0v) is 15.2. The summed E-state index contributed by atoms with van der Waals surface area (Å²) in [5.41, 5.74) is 0.564. The Morgan fingerprint density at radius 1 is 1.19 bits per heavy atom. The molecule has 1 fully saturated rings. The van der Waals surface area contributed by atoms with E-state index in [2.05, 4.69) is 25.5 Å². The number of anilines is 2. The number of nitrogens with zero attached hydrogens (tertiary/aromatic N) is 3. The molecule has 1 aliphatic rings. The van der Waals surface area contributed by atoms with Crippen molar-refractivity contribution in [1.29, 1.82) is 0 Å². The van der Waals surface area contributed by atoms with Crippen molar-refractivity contribution in [3.63, 3.8) is 0 Å². The van der Waals surface area contributed by atoms with E-state index in [-0.39, 0.29) is 6.03 Å². The normalized spacial score (nSPS) is 14.0. The van der Waals surface area contributed by atoms with E-state index in [1.807, 2.05) is 6.07 Å². The van der Waals surface area contributed by atoms with Gasteiger partial charge in [0.05, 0.1) is 17.3 Å². The van der Waals surface area contributed by atoms with Gasteiger partial charge in [-0.1, -0.05) is 23.7 Å². The van der Waals surface area contributed by atoms with Crippen molar-refractivity contribution in [3.8, 4) is 5.88 Å². The number of ether oxygens (including phenoxy) is 1. The van der Waals surface area contributed by atoms with E-state index in [4.69, 9.17) is 16.3 Å². The Hall–Kier alpha value is -2.54. The lowest BCUT2D eigenvalue weighted by molar-refractivity contribution is 0.246. The summed E-state index contributed by atoms with van der Waals surface area (Å²) in [6.45, 7) is 2.69. The van der Waals surface area contributed by atoms with Gasteiger partial charge in [-0.05, 0) is 31.4 Å². The summed E-state index contributed by atoms with van der Waals surface area (Å²) in [6.07, 6.45) is 5.15. The summed E-state index contributed by atoms with van der Waals surface area (Å²) < 4.78 is 5.62. The zero-order valence-electron chi connectivity index (χ0n) is 14.4. The van der Waals surface area contributed by atoms with Gasteiger partial charge in [-0.15, -0.1) is 0 Å². The van der Waals surface area contributed by atoms with Gasteiger partial charge in [0, 0.05) is 19.2 Å². The van der Waals surface area contributed by atoms with E-state index in [0.717, 1.165) is 18.9 Å². The number of para-hydroxylation sites is 1. The fraction of sp³-hybridized carbons (Fsp3) is 0.389. The Labute approximate surface area is 157 Å². The summed E-state index contributed by atoms with van der Waals surface area (Å²) in [7, 11) is 0. The minimum atomic E-state index is -0.335. The topological polar surface area (TPSA) is 79.4 Å². The molecule has 2 aromatic rings. The van der Waals surface area contributed by atoms with Gasteiger partial charge < -0.3 is 20.3 Å². The van der Waals surface area contributed by atoms with E-state index in [1.54, 1.807) is 24.3 Å². The second-order valence-electron chi connectivity index (χ2n) is 5.97. The maximum atomic E-state index is 11.9. The van der Waals surface area contributed by atoms with E-state index >= 15 is 0 Å². The lowest BCUT2D eigenvalue weighted by Gasteiger charge is -2.27. The molecule has 1 aliphatic heterocycles. The monoisotopic (exact) mass is 375 g/mol. The number of amides is 2. The Morgan fingerprint density at radius 2 is 2.00 bits per heavy atom. The number of carbonyl (C=O) groups excluding carboxylic acids is 1. The predicted octanol–water partition coefficient (Wildman–Crippen LogP) is 3.32. The van der Waals surface area contributed by atoms with Crippen LogP contribution in [0, 0.1) is 0 Å². The number of piperidine rings is 1. The number of benzene rings is 1. The maximum absolute atomic E-state index is 11.9. The number of rotatable bonds is 6. The van der Waals surface area contributed by atoms with Crippen LogP contribution < -0.4 is 20.3 Å². The molecule has 0 unspecified atom stereocenters. The molecule has 8 heteroatoms. The quantitative estimate of drug-likeness (QED) is 0.757. The van der Waals surface area contributed by atoms with Crippen molar-refractivity contribution in [2.24, 2.45) is 0 Å². The molecule has 2 heterocycles. The van der Waals surface area contributed by atoms with E-state index in [0.29, 0.717) is 29.7 Å². The first-order valence-corrected chi connectivity index (χ1v) is 9.09. The highest BCUT2D eigenvalue weighted by atomic mass is 35.5. The number of halogens is 1. The molecule has 0 spiro atoms. The second kappa shape index (κ2) is 9.24. The van der Waals surface area contributed by atoms with Crippen molar-refractivity contribution >= 4 is 29.1 Å². The van der Waals surface area contributed by atoms with Crippen molar-refractivity contribution in [2.75, 3.05) is 36.5 Å². The summed E-state index contributed by atoms with van der Waals surface area (Å²) in [6, 6.07) is 8.57. The molecule has 2 N–H and O–H groups in total. The van der Waals surface area contributed by atoms with Crippen molar-refractivity contribution in [3.05, 3.63) is 41.7 Å². The second-order valence-corrected chi connectivity index (χ2v) is 6.38. The fourth-order valence-corrected chi connectivity index (χ4v) is 2.94. The third-order valence-corrected chi connectivity index (χ3v) is 4.40. The predicted molar refractivity (Wildman–Crippen MR) is 102 cm³/mol. The minimum Gasteiger partial charge on any atom is -0.476 e. The molecule has 0 radical (unpaired) electrons. The van der Waals surface area contributed by atoms with Gasteiger partial charge in [-0.3, -0.25) is 0 Å². The molecule has 3 rings (SSSR count). The van der Waals surface area contributed by atoms with Crippen LogP contribution in [0.5, 0.6) is 5.88 Å². The van der Waals surface area contributed by atoms with Crippen LogP contribution in [0.4, 0.5) is 16.3 Å². The molecule has 26 heavy (non-hydrogen) atoms. The number of nitrogens with one attached hydrogen (secondary N) is 2. The first kappa shape index (κ1) is 18.3. The highest BCUT2D eigenvalue weighted by Crippen LogP contribution is 2.21. The van der Waals surface area contributed by atoms with Crippen molar-refractivity contribution in [2.45, 2.75) is 19.3 Å². The van der Waals surface area contributed by atoms with Gasteiger partial charge in [0.1, 0.15) is 18.8 Å². The zero-order chi connectivity index (χ0) is 18.2. The summed E-state index contributed by atoms with van der Waals surface area (Å²) in [4.78, 5) is 22.6. The van der Waals surface area contributed by atoms with Crippen LogP contribution in [0.25, 0.3) is 0 Å². The summed E-state index contributed by atoms with van der Waals surface area (Å²) >= 11 is 6.00. The van der Waals surface area contributed by atoms with E-state index < -0.39 is 0 Å². The molecule has 0 saturated carbocycles. The fourth-order valence-electron chi connectivity index (χ4n) is 2.75. The van der Waals surface area contributed by atoms with Crippen molar-refractivity contribution < 1.29 is 9.53 Å². The largest absolute Gasteiger partial charge is 0.476 e. The van der Waals surface area contributed by atoms with Crippen LogP contribution in [-0.2, 0) is 0 Å². The van der Waals surface area contributed by atoms with Crippen molar-refractivity contribution in [1.82, 2.24) is 15.3 Å². The van der Waals surface area contributed by atoms with E-state index in [9.17, 15) is 4.79 Å². The average molecular weight is 376 g/mol. The third kappa shape index (κ3) is 5.23. The molecule has 2 amide bonds. The SMILES string of the molecule is O=C(NCCOc1cc(N2CCCCC2)ncn1)Nc1ccccc1Cl. The smallest absolute Gasteiger partial charge is 0.319 e. The molecule has 138 valence electrons. The van der Waals surface area contributed by atoms with E-state index in [1.165, 1.54) is 25.6 Å². The van der Waals surface area contributed by atoms with Gasteiger partial charge in [0.2, 0.25) is 5.88 Å². The molecule has 0 atom stereocenters. The van der Waals surface area contributed by atoms with Crippen LogP contribution in [0.3, 0.4) is 0 Å².